The minimum Gasteiger partial charge on any atom is -0.353 e. The molecule has 0 heterocycles. The summed E-state index contributed by atoms with van der Waals surface area (Å²) in [4.78, 5) is 0. The van der Waals surface area contributed by atoms with E-state index in [1.165, 1.54) is 0 Å². The molecule has 0 aliphatic rings. The molecule has 0 rings (SSSR count). The van der Waals surface area contributed by atoms with E-state index < -0.39 is 0 Å². The SMILES string of the molecule is CCOC(C)OC([S])CC. The van der Waals surface area contributed by atoms with Gasteiger partial charge in [-0.2, -0.15) is 0 Å². The first kappa shape index (κ1) is 10.3. The lowest BCUT2D eigenvalue weighted by Crippen LogP contribution is -2.17. The molecule has 1 radical (unpaired) electrons. The molecule has 0 aromatic carbocycles. The quantitative estimate of drug-likeness (QED) is 0.579. The summed E-state index contributed by atoms with van der Waals surface area (Å²) in [6.07, 6.45) is 0.694. The van der Waals surface area contributed by atoms with E-state index in [0.29, 0.717) is 6.61 Å². The van der Waals surface area contributed by atoms with Gasteiger partial charge in [0, 0.05) is 6.61 Å². The molecular formula is C7H15O2S. The average molecular weight is 163 g/mol. The Kier molecular flexibility index (Phi) is 6.17. The Balaban J connectivity index is 3.27. The largest absolute Gasteiger partial charge is 0.353 e. The summed E-state index contributed by atoms with van der Waals surface area (Å²) >= 11 is 4.93. The monoisotopic (exact) mass is 163 g/mol. The number of ether oxygens (including phenoxy) is 2. The van der Waals surface area contributed by atoms with Crippen LogP contribution in [-0.2, 0) is 9.47 Å². The molecule has 3 heteroatoms. The molecule has 0 N–H and O–H groups in total. The van der Waals surface area contributed by atoms with Crippen molar-refractivity contribution in [3.8, 4) is 0 Å². The maximum absolute atomic E-state index is 5.23. The highest BCUT2D eigenvalue weighted by molar-refractivity contribution is 7.80. The van der Waals surface area contributed by atoms with Gasteiger partial charge in [-0.1, -0.05) is 19.6 Å². The Morgan fingerprint density at radius 2 is 2.00 bits per heavy atom. The maximum Gasteiger partial charge on any atom is 0.156 e. The normalized spacial score (nSPS) is 16.8. The molecule has 0 spiro atoms. The Hall–Kier alpha value is 0.270. The summed E-state index contributed by atoms with van der Waals surface area (Å²) in [7, 11) is 0. The third-order valence-electron chi connectivity index (χ3n) is 1.08. The molecule has 2 atom stereocenters. The fraction of sp³-hybridized carbons (Fsp3) is 1.00. The summed E-state index contributed by atoms with van der Waals surface area (Å²) in [5, 5.41) is 0. The van der Waals surface area contributed by atoms with E-state index in [9.17, 15) is 0 Å². The van der Waals surface area contributed by atoms with Gasteiger partial charge in [0.15, 0.2) is 6.29 Å². The first-order valence-corrected chi connectivity index (χ1v) is 4.10. The van der Waals surface area contributed by atoms with Gasteiger partial charge in [-0.05, 0) is 20.3 Å². The zero-order valence-electron chi connectivity index (χ0n) is 6.79. The fourth-order valence-electron chi connectivity index (χ4n) is 0.584. The van der Waals surface area contributed by atoms with Crippen LogP contribution in [-0.4, -0.2) is 18.3 Å². The third-order valence-corrected chi connectivity index (χ3v) is 1.52. The van der Waals surface area contributed by atoms with Gasteiger partial charge in [0.2, 0.25) is 0 Å². The second-order valence-corrected chi connectivity index (χ2v) is 2.52. The summed E-state index contributed by atoms with van der Waals surface area (Å²) in [5.74, 6) is 0. The summed E-state index contributed by atoms with van der Waals surface area (Å²) in [6.45, 7) is 6.46. The van der Waals surface area contributed by atoms with Gasteiger partial charge in [0.05, 0.1) is 0 Å². The van der Waals surface area contributed by atoms with Crippen LogP contribution in [0.1, 0.15) is 27.2 Å². The molecule has 0 aromatic rings. The van der Waals surface area contributed by atoms with Gasteiger partial charge in [0.1, 0.15) is 5.44 Å². The smallest absolute Gasteiger partial charge is 0.156 e. The number of rotatable bonds is 5. The van der Waals surface area contributed by atoms with Crippen LogP contribution in [0.2, 0.25) is 0 Å². The lowest BCUT2D eigenvalue weighted by Gasteiger charge is -2.15. The predicted molar refractivity (Wildman–Crippen MR) is 43.8 cm³/mol. The minimum absolute atomic E-state index is 0.110. The lowest BCUT2D eigenvalue weighted by molar-refractivity contribution is -0.135. The van der Waals surface area contributed by atoms with Crippen molar-refractivity contribution >= 4 is 12.6 Å². The van der Waals surface area contributed by atoms with Gasteiger partial charge >= 0.3 is 0 Å². The van der Waals surface area contributed by atoms with Crippen molar-refractivity contribution in [1.29, 1.82) is 0 Å². The van der Waals surface area contributed by atoms with E-state index in [1.54, 1.807) is 0 Å². The molecule has 10 heavy (non-hydrogen) atoms. The van der Waals surface area contributed by atoms with Crippen LogP contribution < -0.4 is 0 Å². The Labute approximate surface area is 68.3 Å². The van der Waals surface area contributed by atoms with Gasteiger partial charge in [-0.25, -0.2) is 0 Å². The molecule has 0 amide bonds. The Bertz CT molecular complexity index is 78.0. The van der Waals surface area contributed by atoms with E-state index in [2.05, 4.69) is 0 Å². The predicted octanol–water partition coefficient (Wildman–Crippen LogP) is 2.32. The summed E-state index contributed by atoms with van der Waals surface area (Å²) in [5.41, 5.74) is -0.110. The zero-order chi connectivity index (χ0) is 7.98. The van der Waals surface area contributed by atoms with E-state index in [1.807, 2.05) is 20.8 Å². The molecule has 2 unspecified atom stereocenters. The van der Waals surface area contributed by atoms with Crippen molar-refractivity contribution < 1.29 is 9.47 Å². The van der Waals surface area contributed by atoms with E-state index in [-0.39, 0.29) is 11.7 Å². The van der Waals surface area contributed by atoms with Crippen molar-refractivity contribution in [2.45, 2.75) is 38.9 Å². The number of hydrogen-bond donors (Lipinski definition) is 0. The molecule has 61 valence electrons. The molecule has 0 saturated carbocycles. The summed E-state index contributed by atoms with van der Waals surface area (Å²) < 4.78 is 10.4. The van der Waals surface area contributed by atoms with Crippen molar-refractivity contribution in [1.82, 2.24) is 0 Å². The second kappa shape index (κ2) is 6.01. The molecular weight excluding hydrogens is 148 g/mol. The highest BCUT2D eigenvalue weighted by Crippen LogP contribution is 2.06. The second-order valence-electron chi connectivity index (χ2n) is 2.00. The molecule has 0 aromatic heterocycles. The van der Waals surface area contributed by atoms with Gasteiger partial charge < -0.3 is 9.47 Å². The molecule has 0 saturated heterocycles. The maximum atomic E-state index is 5.23. The van der Waals surface area contributed by atoms with Crippen molar-refractivity contribution in [2.75, 3.05) is 6.61 Å². The van der Waals surface area contributed by atoms with Crippen LogP contribution in [0.4, 0.5) is 0 Å². The standard InChI is InChI=1S/C7H15O2S/c1-4-7(10)9-6(3)8-5-2/h6-7H,4-5H2,1-3H3. The minimum atomic E-state index is -0.160. The van der Waals surface area contributed by atoms with Gasteiger partial charge in [0.25, 0.3) is 0 Å². The van der Waals surface area contributed by atoms with E-state index in [0.717, 1.165) is 6.42 Å². The molecule has 0 bridgehead atoms. The highest BCUT2D eigenvalue weighted by Gasteiger charge is 2.06. The van der Waals surface area contributed by atoms with Crippen molar-refractivity contribution in [2.24, 2.45) is 0 Å². The fourth-order valence-corrected chi connectivity index (χ4v) is 0.740. The number of hydrogen-bond acceptors (Lipinski definition) is 2. The lowest BCUT2D eigenvalue weighted by atomic mass is 10.5. The van der Waals surface area contributed by atoms with Crippen LogP contribution in [0.15, 0.2) is 0 Å². The summed E-state index contributed by atoms with van der Waals surface area (Å²) in [6, 6.07) is 0. The molecule has 0 aliphatic carbocycles. The molecule has 0 aliphatic heterocycles. The first-order chi connectivity index (χ1) is 4.70. The Morgan fingerprint density at radius 3 is 2.40 bits per heavy atom. The molecule has 2 nitrogen and oxygen atoms in total. The molecule has 0 fully saturated rings. The van der Waals surface area contributed by atoms with Crippen molar-refractivity contribution in [3.63, 3.8) is 0 Å². The van der Waals surface area contributed by atoms with Crippen LogP contribution in [0.3, 0.4) is 0 Å². The zero-order valence-corrected chi connectivity index (χ0v) is 7.61. The van der Waals surface area contributed by atoms with E-state index >= 15 is 0 Å². The topological polar surface area (TPSA) is 18.5 Å². The van der Waals surface area contributed by atoms with Gasteiger partial charge in [-0.15, -0.1) is 0 Å². The van der Waals surface area contributed by atoms with Gasteiger partial charge in [-0.3, -0.25) is 0 Å². The highest BCUT2D eigenvalue weighted by atomic mass is 32.1. The average Bonchev–Trinajstić information content (AvgIpc) is 1.88. The van der Waals surface area contributed by atoms with Crippen LogP contribution in [0, 0.1) is 0 Å². The van der Waals surface area contributed by atoms with Crippen LogP contribution in [0.25, 0.3) is 0 Å². The Morgan fingerprint density at radius 1 is 1.40 bits per heavy atom. The third kappa shape index (κ3) is 5.09. The van der Waals surface area contributed by atoms with Crippen LogP contribution >= 0.6 is 12.6 Å². The van der Waals surface area contributed by atoms with Crippen LogP contribution in [0.5, 0.6) is 0 Å². The van der Waals surface area contributed by atoms with E-state index in [4.69, 9.17) is 22.1 Å². The first-order valence-electron chi connectivity index (χ1n) is 3.63. The van der Waals surface area contributed by atoms with Crippen molar-refractivity contribution in [3.05, 3.63) is 0 Å².